The van der Waals surface area contributed by atoms with E-state index in [0.29, 0.717) is 12.5 Å². The van der Waals surface area contributed by atoms with E-state index in [-0.39, 0.29) is 12.1 Å². The summed E-state index contributed by atoms with van der Waals surface area (Å²) >= 11 is 1.56. The van der Waals surface area contributed by atoms with Crippen LogP contribution in [0.4, 0.5) is 4.79 Å². The summed E-state index contributed by atoms with van der Waals surface area (Å²) in [7, 11) is 0. The van der Waals surface area contributed by atoms with E-state index in [0.717, 1.165) is 41.5 Å². The minimum Gasteiger partial charge on any atom is -0.331 e. The number of urea groups is 1. The summed E-state index contributed by atoms with van der Waals surface area (Å²) in [6.07, 6.45) is 4.86. The predicted molar refractivity (Wildman–Crippen MR) is 88.1 cm³/mol. The molecule has 2 aromatic heterocycles. The molecule has 1 aliphatic heterocycles. The fourth-order valence-corrected chi connectivity index (χ4v) is 3.56. The number of rotatable bonds is 4. The first kappa shape index (κ1) is 15.9. The van der Waals surface area contributed by atoms with Crippen LogP contribution in [0.25, 0.3) is 0 Å². The number of nitrogens with one attached hydrogen (secondary N) is 2. The summed E-state index contributed by atoms with van der Waals surface area (Å²) < 4.78 is 0. The molecular formula is C15H22N6OS. The molecule has 0 bridgehead atoms. The molecule has 2 aromatic rings. The van der Waals surface area contributed by atoms with Crippen LogP contribution < -0.4 is 5.32 Å². The van der Waals surface area contributed by atoms with E-state index in [9.17, 15) is 4.79 Å². The average molecular weight is 334 g/mol. The van der Waals surface area contributed by atoms with Crippen molar-refractivity contribution in [1.29, 1.82) is 0 Å². The molecule has 1 fully saturated rings. The Kier molecular flexibility index (Phi) is 4.90. The number of piperidine rings is 1. The van der Waals surface area contributed by atoms with Gasteiger partial charge in [0.15, 0.2) is 0 Å². The Morgan fingerprint density at radius 3 is 3.04 bits per heavy atom. The van der Waals surface area contributed by atoms with Crippen LogP contribution in [0, 0.1) is 0 Å². The van der Waals surface area contributed by atoms with Gasteiger partial charge in [-0.05, 0) is 25.3 Å². The molecule has 0 spiro atoms. The lowest BCUT2D eigenvalue weighted by atomic mass is 10.00. The van der Waals surface area contributed by atoms with E-state index in [1.165, 1.54) is 0 Å². The number of likely N-dealkylation sites (tertiary alicyclic amines) is 1. The van der Waals surface area contributed by atoms with E-state index in [1.807, 2.05) is 11.0 Å². The molecule has 0 aliphatic carbocycles. The number of amides is 2. The third-order valence-electron chi connectivity index (χ3n) is 4.01. The normalized spacial score (nSPS) is 18.4. The monoisotopic (exact) mass is 334 g/mol. The molecule has 7 nitrogen and oxygen atoms in total. The Labute approximate surface area is 139 Å². The fraction of sp³-hybridized carbons (Fsp3) is 0.600. The van der Waals surface area contributed by atoms with Gasteiger partial charge in [-0.2, -0.15) is 5.10 Å². The fourth-order valence-electron chi connectivity index (χ4n) is 2.77. The lowest BCUT2D eigenvalue weighted by Gasteiger charge is -2.34. The third kappa shape index (κ3) is 3.69. The van der Waals surface area contributed by atoms with Crippen molar-refractivity contribution < 1.29 is 4.79 Å². The van der Waals surface area contributed by atoms with Crippen molar-refractivity contribution in [2.45, 2.75) is 51.6 Å². The first-order valence-electron chi connectivity index (χ1n) is 8.01. The van der Waals surface area contributed by atoms with Gasteiger partial charge in [-0.3, -0.25) is 5.10 Å². The van der Waals surface area contributed by atoms with Crippen LogP contribution in [-0.2, 0) is 6.54 Å². The summed E-state index contributed by atoms with van der Waals surface area (Å²) in [5.41, 5.74) is 0.998. The molecular weight excluding hydrogens is 312 g/mol. The number of carbonyl (C=O) groups is 1. The van der Waals surface area contributed by atoms with Crippen LogP contribution in [0.5, 0.6) is 0 Å². The molecule has 1 unspecified atom stereocenters. The zero-order valence-corrected chi connectivity index (χ0v) is 14.3. The van der Waals surface area contributed by atoms with Crippen molar-refractivity contribution in [3.63, 3.8) is 0 Å². The summed E-state index contributed by atoms with van der Waals surface area (Å²) in [5, 5.41) is 20.1. The van der Waals surface area contributed by atoms with Gasteiger partial charge in [-0.15, -0.1) is 10.2 Å². The van der Waals surface area contributed by atoms with Crippen LogP contribution in [0.3, 0.4) is 0 Å². The Morgan fingerprint density at radius 2 is 2.35 bits per heavy atom. The molecule has 1 saturated heterocycles. The largest absolute Gasteiger partial charge is 0.331 e. The highest BCUT2D eigenvalue weighted by molar-refractivity contribution is 7.11. The van der Waals surface area contributed by atoms with E-state index in [2.05, 4.69) is 39.6 Å². The first-order valence-corrected chi connectivity index (χ1v) is 8.83. The van der Waals surface area contributed by atoms with Gasteiger partial charge < -0.3 is 10.2 Å². The molecule has 3 rings (SSSR count). The number of hydrogen-bond donors (Lipinski definition) is 2. The lowest BCUT2D eigenvalue weighted by molar-refractivity contribution is 0.149. The maximum atomic E-state index is 12.6. The van der Waals surface area contributed by atoms with Gasteiger partial charge in [0.1, 0.15) is 10.0 Å². The summed E-state index contributed by atoms with van der Waals surface area (Å²) in [5.74, 6) is 0.365. The van der Waals surface area contributed by atoms with E-state index >= 15 is 0 Å². The summed E-state index contributed by atoms with van der Waals surface area (Å²) in [4.78, 5) is 14.4. The number of H-pyrrole nitrogens is 1. The van der Waals surface area contributed by atoms with Crippen LogP contribution in [0.1, 0.15) is 60.8 Å². The van der Waals surface area contributed by atoms with Gasteiger partial charge in [0.05, 0.1) is 18.3 Å². The topological polar surface area (TPSA) is 86.8 Å². The number of hydrogen-bond acceptors (Lipinski definition) is 5. The second-order valence-electron chi connectivity index (χ2n) is 6.06. The molecule has 1 atom stereocenters. The van der Waals surface area contributed by atoms with Crippen molar-refractivity contribution in [2.24, 2.45) is 0 Å². The zero-order valence-electron chi connectivity index (χ0n) is 13.5. The molecule has 23 heavy (non-hydrogen) atoms. The van der Waals surface area contributed by atoms with E-state index in [1.54, 1.807) is 17.5 Å². The molecule has 0 aromatic carbocycles. The van der Waals surface area contributed by atoms with Crippen molar-refractivity contribution in [3.05, 3.63) is 28.0 Å². The standard InChI is InChI=1S/C15H22N6OS/c1-10(2)14-20-19-13(23-14)9-16-15(22)21-8-4-3-5-12(21)11-6-7-17-18-11/h6-7,10,12H,3-5,8-9H2,1-2H3,(H,16,22)(H,17,18). The maximum absolute atomic E-state index is 12.6. The van der Waals surface area contributed by atoms with Crippen molar-refractivity contribution in [1.82, 2.24) is 30.6 Å². The highest BCUT2D eigenvalue weighted by atomic mass is 32.1. The molecule has 1 aliphatic rings. The highest BCUT2D eigenvalue weighted by Crippen LogP contribution is 2.29. The van der Waals surface area contributed by atoms with Crippen LogP contribution >= 0.6 is 11.3 Å². The third-order valence-corrected chi connectivity index (χ3v) is 5.24. The predicted octanol–water partition coefficient (Wildman–Crippen LogP) is 2.82. The van der Waals surface area contributed by atoms with Gasteiger partial charge in [-0.1, -0.05) is 25.2 Å². The Balaban J connectivity index is 1.61. The Hall–Kier alpha value is -1.96. The zero-order chi connectivity index (χ0) is 16.2. The van der Waals surface area contributed by atoms with Crippen molar-refractivity contribution >= 4 is 17.4 Å². The second-order valence-corrected chi connectivity index (χ2v) is 7.16. The highest BCUT2D eigenvalue weighted by Gasteiger charge is 2.28. The Bertz CT molecular complexity index is 638. The Morgan fingerprint density at radius 1 is 1.48 bits per heavy atom. The van der Waals surface area contributed by atoms with Crippen molar-refractivity contribution in [3.8, 4) is 0 Å². The van der Waals surface area contributed by atoms with Gasteiger partial charge in [0.2, 0.25) is 0 Å². The van der Waals surface area contributed by atoms with Crippen LogP contribution in [-0.4, -0.2) is 37.9 Å². The molecule has 2 amide bonds. The molecule has 0 saturated carbocycles. The summed E-state index contributed by atoms with van der Waals surface area (Å²) in [6.45, 7) is 5.37. The minimum absolute atomic E-state index is 0.0504. The number of carbonyl (C=O) groups excluding carboxylic acids is 1. The van der Waals surface area contributed by atoms with E-state index < -0.39 is 0 Å². The lowest BCUT2D eigenvalue weighted by Crippen LogP contribution is -2.44. The van der Waals surface area contributed by atoms with Gasteiger partial charge in [-0.25, -0.2) is 4.79 Å². The van der Waals surface area contributed by atoms with Crippen molar-refractivity contribution in [2.75, 3.05) is 6.54 Å². The first-order chi connectivity index (χ1) is 11.1. The number of aromatic nitrogens is 4. The van der Waals surface area contributed by atoms with Gasteiger partial charge in [0.25, 0.3) is 0 Å². The smallest absolute Gasteiger partial charge is 0.318 e. The molecule has 8 heteroatoms. The minimum atomic E-state index is -0.0504. The average Bonchev–Trinajstić information content (AvgIpc) is 3.24. The van der Waals surface area contributed by atoms with Gasteiger partial charge in [0, 0.05) is 18.7 Å². The molecule has 3 heterocycles. The second kappa shape index (κ2) is 7.08. The van der Waals surface area contributed by atoms with Crippen LogP contribution in [0.2, 0.25) is 0 Å². The molecule has 2 N–H and O–H groups in total. The number of aromatic amines is 1. The van der Waals surface area contributed by atoms with Crippen LogP contribution in [0.15, 0.2) is 12.3 Å². The van der Waals surface area contributed by atoms with Gasteiger partial charge >= 0.3 is 6.03 Å². The quantitative estimate of drug-likeness (QED) is 0.900. The maximum Gasteiger partial charge on any atom is 0.318 e. The molecule has 0 radical (unpaired) electrons. The SMILES string of the molecule is CC(C)c1nnc(CNC(=O)N2CCCCC2c2ccn[nH]2)s1. The molecule has 124 valence electrons. The van der Waals surface area contributed by atoms with E-state index in [4.69, 9.17) is 0 Å². The summed E-state index contributed by atoms with van der Waals surface area (Å²) in [6, 6.07) is 1.97. The number of nitrogens with zero attached hydrogens (tertiary/aromatic N) is 4.